The Bertz CT molecular complexity index is 497. The van der Waals surface area contributed by atoms with Gasteiger partial charge in [-0.25, -0.2) is 9.97 Å². The maximum Gasteiger partial charge on any atom is 0.161 e. The number of aromatic nitrogens is 2. The molecule has 1 aromatic carbocycles. The van der Waals surface area contributed by atoms with Gasteiger partial charge in [-0.2, -0.15) is 0 Å². The average Bonchev–Trinajstić information content (AvgIpc) is 2.27. The van der Waals surface area contributed by atoms with Crippen molar-refractivity contribution in [3.63, 3.8) is 0 Å². The number of ether oxygens (including phenoxy) is 1. The van der Waals surface area contributed by atoms with Crippen molar-refractivity contribution in [2.75, 3.05) is 7.11 Å². The molecular formula is C11H12N2O2. The highest BCUT2D eigenvalue weighted by Crippen LogP contribution is 2.31. The number of hydrogen-bond acceptors (Lipinski definition) is 4. The number of aryl methyl sites for hydroxylation is 1. The number of phenols is 1. The number of phenolic OH excluding ortho intramolecular Hbond substituents is 1. The molecule has 78 valence electrons. The van der Waals surface area contributed by atoms with Crippen LogP contribution in [0, 0.1) is 0 Å². The highest BCUT2D eigenvalue weighted by Gasteiger charge is 2.07. The van der Waals surface area contributed by atoms with E-state index in [1.165, 1.54) is 13.4 Å². The van der Waals surface area contributed by atoms with E-state index < -0.39 is 0 Å². The zero-order valence-corrected chi connectivity index (χ0v) is 8.69. The predicted octanol–water partition coefficient (Wildman–Crippen LogP) is 1.91. The number of rotatable bonds is 2. The molecule has 0 saturated carbocycles. The fourth-order valence-corrected chi connectivity index (χ4v) is 1.57. The first-order valence-corrected chi connectivity index (χ1v) is 4.76. The van der Waals surface area contributed by atoms with Gasteiger partial charge in [-0.05, 0) is 12.5 Å². The number of nitrogens with zero attached hydrogens (tertiary/aromatic N) is 2. The van der Waals surface area contributed by atoms with Crippen LogP contribution in [0.3, 0.4) is 0 Å². The quantitative estimate of drug-likeness (QED) is 0.811. The Labute approximate surface area is 87.6 Å². The molecule has 1 heterocycles. The minimum Gasteiger partial charge on any atom is -0.504 e. The Morgan fingerprint density at radius 2 is 2.13 bits per heavy atom. The maximum atomic E-state index is 9.59. The van der Waals surface area contributed by atoms with Crippen molar-refractivity contribution >= 4 is 10.9 Å². The van der Waals surface area contributed by atoms with Crippen molar-refractivity contribution < 1.29 is 9.84 Å². The van der Waals surface area contributed by atoms with Crippen LogP contribution in [-0.2, 0) is 6.42 Å². The first-order chi connectivity index (χ1) is 7.26. The summed E-state index contributed by atoms with van der Waals surface area (Å²) in [4.78, 5) is 8.28. The lowest BCUT2D eigenvalue weighted by molar-refractivity contribution is 0.374. The minimum atomic E-state index is 0.103. The Morgan fingerprint density at radius 3 is 2.80 bits per heavy atom. The van der Waals surface area contributed by atoms with Crippen LogP contribution >= 0.6 is 0 Å². The molecular weight excluding hydrogens is 192 g/mol. The molecule has 2 aromatic rings. The number of fused-ring (bicyclic) bond motifs is 1. The van der Waals surface area contributed by atoms with Crippen molar-refractivity contribution in [2.24, 2.45) is 0 Å². The summed E-state index contributed by atoms with van der Waals surface area (Å²) in [6.45, 7) is 2.03. The number of methoxy groups -OCH3 is 1. The van der Waals surface area contributed by atoms with Crippen LogP contribution in [0.2, 0.25) is 0 Å². The smallest absolute Gasteiger partial charge is 0.161 e. The van der Waals surface area contributed by atoms with Crippen LogP contribution in [-0.4, -0.2) is 22.2 Å². The van der Waals surface area contributed by atoms with E-state index in [1.807, 2.05) is 6.92 Å². The summed E-state index contributed by atoms with van der Waals surface area (Å²) in [6, 6.07) is 3.36. The van der Waals surface area contributed by atoms with Crippen LogP contribution in [0.4, 0.5) is 0 Å². The maximum absolute atomic E-state index is 9.59. The summed E-state index contributed by atoms with van der Waals surface area (Å²) in [6.07, 6.45) is 2.33. The lowest BCUT2D eigenvalue weighted by atomic mass is 10.1. The van der Waals surface area contributed by atoms with Crippen molar-refractivity contribution in [3.05, 3.63) is 24.2 Å². The summed E-state index contributed by atoms with van der Waals surface area (Å²) < 4.78 is 5.05. The molecule has 0 bridgehead atoms. The predicted molar refractivity (Wildman–Crippen MR) is 57.1 cm³/mol. The summed E-state index contributed by atoms with van der Waals surface area (Å²) in [7, 11) is 1.52. The largest absolute Gasteiger partial charge is 0.504 e. The highest BCUT2D eigenvalue weighted by molar-refractivity contribution is 5.84. The second kappa shape index (κ2) is 3.73. The average molecular weight is 204 g/mol. The van der Waals surface area contributed by atoms with Crippen LogP contribution in [0.15, 0.2) is 18.5 Å². The van der Waals surface area contributed by atoms with Crippen molar-refractivity contribution in [3.8, 4) is 11.5 Å². The first-order valence-electron chi connectivity index (χ1n) is 4.76. The normalized spacial score (nSPS) is 10.5. The second-order valence-electron chi connectivity index (χ2n) is 3.22. The van der Waals surface area contributed by atoms with E-state index in [2.05, 4.69) is 9.97 Å². The van der Waals surface area contributed by atoms with Gasteiger partial charge in [-0.1, -0.05) is 6.92 Å². The van der Waals surface area contributed by atoms with Crippen LogP contribution in [0.1, 0.15) is 12.6 Å². The number of aromatic hydroxyl groups is 1. The van der Waals surface area contributed by atoms with Crippen LogP contribution in [0.25, 0.3) is 10.9 Å². The molecule has 0 atom stereocenters. The SMILES string of the molecule is CCc1ncnc2cc(O)c(OC)cc12. The second-order valence-corrected chi connectivity index (χ2v) is 3.22. The van der Waals surface area contributed by atoms with Crippen molar-refractivity contribution in [2.45, 2.75) is 13.3 Å². The van der Waals surface area contributed by atoms with Crippen LogP contribution < -0.4 is 4.74 Å². The summed E-state index contributed by atoms with van der Waals surface area (Å²) >= 11 is 0. The van der Waals surface area contributed by atoms with Crippen molar-refractivity contribution in [1.82, 2.24) is 9.97 Å². The molecule has 4 nitrogen and oxygen atoms in total. The van der Waals surface area contributed by atoms with Gasteiger partial charge in [0.15, 0.2) is 11.5 Å². The summed E-state index contributed by atoms with van der Waals surface area (Å²) in [5, 5.41) is 10.5. The fraction of sp³-hybridized carbons (Fsp3) is 0.273. The third kappa shape index (κ3) is 1.58. The van der Waals surface area contributed by atoms with Gasteiger partial charge in [0.2, 0.25) is 0 Å². The van der Waals surface area contributed by atoms with E-state index in [0.29, 0.717) is 5.75 Å². The topological polar surface area (TPSA) is 55.2 Å². The zero-order chi connectivity index (χ0) is 10.8. The van der Waals surface area contributed by atoms with Crippen molar-refractivity contribution in [1.29, 1.82) is 0 Å². The first kappa shape index (κ1) is 9.71. The molecule has 0 spiro atoms. The summed E-state index contributed by atoms with van der Waals surface area (Å²) in [5.41, 5.74) is 1.69. The molecule has 15 heavy (non-hydrogen) atoms. The van der Waals surface area contributed by atoms with E-state index in [-0.39, 0.29) is 5.75 Å². The van der Waals surface area contributed by atoms with Crippen LogP contribution in [0.5, 0.6) is 11.5 Å². The fourth-order valence-electron chi connectivity index (χ4n) is 1.57. The van der Waals surface area contributed by atoms with E-state index in [1.54, 1.807) is 12.1 Å². The van der Waals surface area contributed by atoms with Gasteiger partial charge in [0.1, 0.15) is 6.33 Å². The summed E-state index contributed by atoms with van der Waals surface area (Å²) in [5.74, 6) is 0.553. The third-order valence-corrected chi connectivity index (χ3v) is 2.35. The van der Waals surface area contributed by atoms with E-state index in [4.69, 9.17) is 4.74 Å². The van der Waals surface area contributed by atoms with Gasteiger partial charge >= 0.3 is 0 Å². The lowest BCUT2D eigenvalue weighted by Gasteiger charge is -2.07. The molecule has 0 radical (unpaired) electrons. The third-order valence-electron chi connectivity index (χ3n) is 2.35. The monoisotopic (exact) mass is 204 g/mol. The van der Waals surface area contributed by atoms with Gasteiger partial charge in [-0.3, -0.25) is 0 Å². The number of hydrogen-bond donors (Lipinski definition) is 1. The Hall–Kier alpha value is -1.84. The zero-order valence-electron chi connectivity index (χ0n) is 8.69. The number of benzene rings is 1. The Kier molecular flexibility index (Phi) is 2.41. The minimum absolute atomic E-state index is 0.103. The van der Waals surface area contributed by atoms with E-state index in [0.717, 1.165) is 23.0 Å². The molecule has 1 N–H and O–H groups in total. The molecule has 0 fully saturated rings. The molecule has 4 heteroatoms. The molecule has 0 aliphatic rings. The Morgan fingerprint density at radius 1 is 1.33 bits per heavy atom. The van der Waals surface area contributed by atoms with Gasteiger partial charge < -0.3 is 9.84 Å². The van der Waals surface area contributed by atoms with Gasteiger partial charge in [0.05, 0.1) is 18.3 Å². The van der Waals surface area contributed by atoms with E-state index in [9.17, 15) is 5.11 Å². The molecule has 2 rings (SSSR count). The molecule has 0 saturated heterocycles. The Balaban J connectivity index is 2.76. The highest BCUT2D eigenvalue weighted by atomic mass is 16.5. The van der Waals surface area contributed by atoms with Gasteiger partial charge in [0.25, 0.3) is 0 Å². The standard InChI is InChI=1S/C11H12N2O2/c1-3-8-7-4-11(15-2)10(14)5-9(7)13-6-12-8/h4-6,14H,3H2,1-2H3. The van der Waals surface area contributed by atoms with Gasteiger partial charge in [0, 0.05) is 11.5 Å². The molecule has 1 aromatic heterocycles. The molecule has 0 unspecified atom stereocenters. The lowest BCUT2D eigenvalue weighted by Crippen LogP contribution is -1.93. The van der Waals surface area contributed by atoms with Gasteiger partial charge in [-0.15, -0.1) is 0 Å². The van der Waals surface area contributed by atoms with E-state index >= 15 is 0 Å². The molecule has 0 aliphatic heterocycles. The molecule has 0 amide bonds. The molecule has 0 aliphatic carbocycles.